The van der Waals surface area contributed by atoms with E-state index in [0.29, 0.717) is 11.7 Å². The van der Waals surface area contributed by atoms with Crippen LogP contribution in [0.5, 0.6) is 0 Å². The van der Waals surface area contributed by atoms with E-state index in [0.717, 1.165) is 30.4 Å². The molecule has 1 saturated heterocycles. The van der Waals surface area contributed by atoms with Crippen molar-refractivity contribution in [2.24, 2.45) is 0 Å². The number of hydrogen-bond donors (Lipinski definition) is 2. The van der Waals surface area contributed by atoms with Crippen LogP contribution in [0.2, 0.25) is 10.0 Å². The largest absolute Gasteiger partial charge is 0.337 e. The molecule has 0 saturated carbocycles. The van der Waals surface area contributed by atoms with E-state index in [1.807, 2.05) is 6.07 Å². The minimum absolute atomic E-state index is 0.109. The third kappa shape index (κ3) is 3.15. The Labute approximate surface area is 154 Å². The van der Waals surface area contributed by atoms with Crippen molar-refractivity contribution in [2.75, 3.05) is 18.4 Å². The van der Waals surface area contributed by atoms with E-state index in [1.165, 1.54) is 11.9 Å². The molecule has 1 atom stereocenters. The summed E-state index contributed by atoms with van der Waals surface area (Å²) in [6.07, 6.45) is 2.56. The molecule has 25 heavy (non-hydrogen) atoms. The van der Waals surface area contributed by atoms with Gasteiger partial charge in [-0.3, -0.25) is 0 Å². The lowest BCUT2D eigenvalue weighted by atomic mass is 9.97. The smallest absolute Gasteiger partial charge is 0.166 e. The van der Waals surface area contributed by atoms with Crippen LogP contribution in [0.1, 0.15) is 17.9 Å². The SMILES string of the molecule is Fc1c(Nc2ncnc3ccc([C@@H]4CCNC4)cc23)ccc(Cl)c1Cl. The molecule has 1 aromatic heterocycles. The number of hydrogen-bond acceptors (Lipinski definition) is 4. The fourth-order valence-electron chi connectivity index (χ4n) is 3.12. The van der Waals surface area contributed by atoms with Crippen molar-refractivity contribution < 1.29 is 4.39 Å². The first-order valence-corrected chi connectivity index (χ1v) is 8.75. The van der Waals surface area contributed by atoms with Crippen LogP contribution in [0, 0.1) is 5.82 Å². The lowest BCUT2D eigenvalue weighted by Gasteiger charge is -2.13. The summed E-state index contributed by atoms with van der Waals surface area (Å²) in [6, 6.07) is 9.23. The summed E-state index contributed by atoms with van der Waals surface area (Å²) in [6.45, 7) is 1.98. The number of halogens is 3. The summed E-state index contributed by atoms with van der Waals surface area (Å²) in [5.74, 6) is 0.409. The Balaban J connectivity index is 1.76. The molecule has 0 spiro atoms. The molecule has 128 valence electrons. The van der Waals surface area contributed by atoms with Crippen molar-refractivity contribution in [3.63, 3.8) is 0 Å². The monoisotopic (exact) mass is 376 g/mol. The van der Waals surface area contributed by atoms with Gasteiger partial charge in [-0.05, 0) is 48.7 Å². The van der Waals surface area contributed by atoms with Gasteiger partial charge in [0.05, 0.1) is 21.2 Å². The van der Waals surface area contributed by atoms with Crippen molar-refractivity contribution in [1.29, 1.82) is 0 Å². The van der Waals surface area contributed by atoms with Crippen molar-refractivity contribution in [1.82, 2.24) is 15.3 Å². The van der Waals surface area contributed by atoms with Gasteiger partial charge in [-0.2, -0.15) is 0 Å². The lowest BCUT2D eigenvalue weighted by Crippen LogP contribution is -2.08. The summed E-state index contributed by atoms with van der Waals surface area (Å²) in [5.41, 5.74) is 2.25. The highest BCUT2D eigenvalue weighted by Crippen LogP contribution is 2.33. The van der Waals surface area contributed by atoms with Gasteiger partial charge in [0.2, 0.25) is 0 Å². The standard InChI is InChI=1S/C18H15Cl2FN4/c19-13-2-4-15(17(21)16(13)20)25-18-12-7-10(11-5-6-22-8-11)1-3-14(12)23-9-24-18/h1-4,7,9,11,22H,5-6,8H2,(H,23,24,25)/t11-/m1/s1. The second-order valence-electron chi connectivity index (χ2n) is 6.04. The van der Waals surface area contributed by atoms with Gasteiger partial charge < -0.3 is 10.6 Å². The number of fused-ring (bicyclic) bond motifs is 1. The highest BCUT2D eigenvalue weighted by molar-refractivity contribution is 6.42. The van der Waals surface area contributed by atoms with Crippen LogP contribution in [0.4, 0.5) is 15.9 Å². The summed E-state index contributed by atoms with van der Waals surface area (Å²) in [4.78, 5) is 8.58. The van der Waals surface area contributed by atoms with Gasteiger partial charge in [0, 0.05) is 11.9 Å². The highest BCUT2D eigenvalue weighted by atomic mass is 35.5. The van der Waals surface area contributed by atoms with Crippen LogP contribution < -0.4 is 10.6 Å². The number of anilines is 2. The molecule has 1 aliphatic rings. The Morgan fingerprint density at radius 2 is 2.04 bits per heavy atom. The van der Waals surface area contributed by atoms with E-state index in [9.17, 15) is 4.39 Å². The van der Waals surface area contributed by atoms with E-state index in [1.54, 1.807) is 12.1 Å². The summed E-state index contributed by atoms with van der Waals surface area (Å²) in [7, 11) is 0. The second-order valence-corrected chi connectivity index (χ2v) is 6.82. The van der Waals surface area contributed by atoms with Crippen molar-refractivity contribution >= 4 is 45.6 Å². The molecule has 2 heterocycles. The van der Waals surface area contributed by atoms with Gasteiger partial charge in [0.25, 0.3) is 0 Å². The van der Waals surface area contributed by atoms with E-state index in [4.69, 9.17) is 23.2 Å². The molecule has 2 aromatic carbocycles. The zero-order valence-electron chi connectivity index (χ0n) is 13.2. The average Bonchev–Trinajstić information content (AvgIpc) is 3.17. The van der Waals surface area contributed by atoms with Crippen molar-refractivity contribution in [3.8, 4) is 0 Å². The molecule has 4 nitrogen and oxygen atoms in total. The second kappa shape index (κ2) is 6.75. The fraction of sp³-hybridized carbons (Fsp3) is 0.222. The zero-order valence-corrected chi connectivity index (χ0v) is 14.7. The highest BCUT2D eigenvalue weighted by Gasteiger charge is 2.18. The number of benzene rings is 2. The number of rotatable bonds is 3. The third-order valence-corrected chi connectivity index (χ3v) is 5.26. The predicted molar refractivity (Wildman–Crippen MR) is 99.5 cm³/mol. The third-order valence-electron chi connectivity index (χ3n) is 4.48. The quantitative estimate of drug-likeness (QED) is 0.638. The molecule has 0 bridgehead atoms. The molecular formula is C18H15Cl2FN4. The van der Waals surface area contributed by atoms with Crippen LogP contribution in [0.15, 0.2) is 36.7 Å². The first kappa shape index (κ1) is 16.5. The average molecular weight is 377 g/mol. The van der Waals surface area contributed by atoms with Gasteiger partial charge >= 0.3 is 0 Å². The minimum atomic E-state index is -0.600. The van der Waals surface area contributed by atoms with Gasteiger partial charge in [0.15, 0.2) is 5.82 Å². The van der Waals surface area contributed by atoms with Crippen molar-refractivity contribution in [3.05, 3.63) is 58.1 Å². The molecule has 2 N–H and O–H groups in total. The maximum Gasteiger partial charge on any atom is 0.166 e. The molecule has 4 rings (SSSR count). The Morgan fingerprint density at radius 1 is 1.16 bits per heavy atom. The van der Waals surface area contributed by atoms with Gasteiger partial charge in [-0.15, -0.1) is 0 Å². The van der Waals surface area contributed by atoms with Gasteiger partial charge in [0.1, 0.15) is 12.1 Å². The van der Waals surface area contributed by atoms with E-state index >= 15 is 0 Å². The number of nitrogens with one attached hydrogen (secondary N) is 2. The lowest BCUT2D eigenvalue weighted by molar-refractivity contribution is 0.632. The number of aromatic nitrogens is 2. The molecule has 1 fully saturated rings. The van der Waals surface area contributed by atoms with Gasteiger partial charge in [-0.1, -0.05) is 29.3 Å². The van der Waals surface area contributed by atoms with Crippen LogP contribution in [0.25, 0.3) is 10.9 Å². The molecular weight excluding hydrogens is 362 g/mol. The Hall–Kier alpha value is -1.95. The first-order chi connectivity index (χ1) is 12.1. The maximum absolute atomic E-state index is 14.3. The van der Waals surface area contributed by atoms with E-state index in [-0.39, 0.29) is 15.7 Å². The normalized spacial score (nSPS) is 17.2. The minimum Gasteiger partial charge on any atom is -0.337 e. The molecule has 0 unspecified atom stereocenters. The van der Waals surface area contributed by atoms with Crippen LogP contribution in [0.3, 0.4) is 0 Å². The Bertz CT molecular complexity index is 942. The summed E-state index contributed by atoms with van der Waals surface area (Å²) >= 11 is 11.7. The Morgan fingerprint density at radius 3 is 2.84 bits per heavy atom. The van der Waals surface area contributed by atoms with Crippen molar-refractivity contribution in [2.45, 2.75) is 12.3 Å². The number of nitrogens with zero attached hydrogens (tertiary/aromatic N) is 2. The molecule has 3 aromatic rings. The van der Waals surface area contributed by atoms with Crippen LogP contribution in [-0.2, 0) is 0 Å². The maximum atomic E-state index is 14.3. The molecule has 0 aliphatic carbocycles. The van der Waals surface area contributed by atoms with E-state index in [2.05, 4.69) is 32.7 Å². The topological polar surface area (TPSA) is 49.8 Å². The van der Waals surface area contributed by atoms with E-state index < -0.39 is 5.82 Å². The van der Waals surface area contributed by atoms with Crippen LogP contribution >= 0.6 is 23.2 Å². The summed E-state index contributed by atoms with van der Waals surface area (Å²) in [5, 5.41) is 7.30. The fourth-order valence-corrected chi connectivity index (χ4v) is 3.43. The molecule has 7 heteroatoms. The summed E-state index contributed by atoms with van der Waals surface area (Å²) < 4.78 is 14.3. The molecule has 0 radical (unpaired) electrons. The molecule has 1 aliphatic heterocycles. The predicted octanol–water partition coefficient (Wildman–Crippen LogP) is 4.90. The first-order valence-electron chi connectivity index (χ1n) is 7.99. The Kier molecular flexibility index (Phi) is 4.46. The molecule has 0 amide bonds. The van der Waals surface area contributed by atoms with Crippen LogP contribution in [-0.4, -0.2) is 23.1 Å². The zero-order chi connectivity index (χ0) is 17.4. The van der Waals surface area contributed by atoms with Gasteiger partial charge in [-0.25, -0.2) is 14.4 Å².